The number of methoxy groups -OCH3 is 2. The largest absolute Gasteiger partial charge is 0.497 e. The zero-order chi connectivity index (χ0) is 25.2. The SMILES string of the molecule is COc1ccc(CN2C(=O)C[C@](Sc3ccc(C)cc3)(C(=O)O)[C@H]2c2ccc(F)cc2)c(OC)c1. The lowest BCUT2D eigenvalue weighted by Crippen LogP contribution is -2.41. The highest BCUT2D eigenvalue weighted by Crippen LogP contribution is 2.53. The van der Waals surface area contributed by atoms with E-state index in [-0.39, 0.29) is 18.9 Å². The van der Waals surface area contributed by atoms with Crippen molar-refractivity contribution in [3.8, 4) is 11.5 Å². The van der Waals surface area contributed by atoms with Crippen molar-refractivity contribution >= 4 is 23.6 Å². The Morgan fingerprint density at radius 2 is 1.77 bits per heavy atom. The molecule has 1 fully saturated rings. The Morgan fingerprint density at radius 3 is 2.37 bits per heavy atom. The molecule has 0 saturated carbocycles. The van der Waals surface area contributed by atoms with Crippen molar-refractivity contribution in [3.63, 3.8) is 0 Å². The third-order valence-corrected chi connectivity index (χ3v) is 7.61. The summed E-state index contributed by atoms with van der Waals surface area (Å²) in [5.41, 5.74) is 2.30. The lowest BCUT2D eigenvalue weighted by atomic mass is 9.92. The minimum absolute atomic E-state index is 0.123. The molecule has 4 rings (SSSR count). The Bertz CT molecular complexity index is 1230. The number of benzene rings is 3. The van der Waals surface area contributed by atoms with E-state index in [0.717, 1.165) is 22.2 Å². The molecule has 1 N–H and O–H groups in total. The van der Waals surface area contributed by atoms with Crippen LogP contribution in [0.2, 0.25) is 0 Å². The lowest BCUT2D eigenvalue weighted by Gasteiger charge is -2.35. The van der Waals surface area contributed by atoms with E-state index in [1.165, 1.54) is 19.2 Å². The van der Waals surface area contributed by atoms with Crippen LogP contribution < -0.4 is 9.47 Å². The van der Waals surface area contributed by atoms with Crippen molar-refractivity contribution < 1.29 is 28.6 Å². The van der Waals surface area contributed by atoms with E-state index in [4.69, 9.17) is 9.47 Å². The average Bonchev–Trinajstić information content (AvgIpc) is 3.13. The van der Waals surface area contributed by atoms with Crippen molar-refractivity contribution in [2.75, 3.05) is 14.2 Å². The predicted octanol–water partition coefficient (Wildman–Crippen LogP) is 5.24. The smallest absolute Gasteiger partial charge is 0.323 e. The zero-order valence-electron chi connectivity index (χ0n) is 19.7. The van der Waals surface area contributed by atoms with Gasteiger partial charge >= 0.3 is 5.97 Å². The number of aryl methyl sites for hydroxylation is 1. The molecule has 0 unspecified atom stereocenters. The Labute approximate surface area is 207 Å². The predicted molar refractivity (Wildman–Crippen MR) is 131 cm³/mol. The van der Waals surface area contributed by atoms with Gasteiger partial charge in [0.15, 0.2) is 4.75 Å². The van der Waals surface area contributed by atoms with Gasteiger partial charge in [0.25, 0.3) is 0 Å². The zero-order valence-corrected chi connectivity index (χ0v) is 20.5. The first-order valence-corrected chi connectivity index (χ1v) is 11.8. The molecule has 1 amide bonds. The van der Waals surface area contributed by atoms with Crippen LogP contribution in [-0.2, 0) is 16.1 Å². The van der Waals surface area contributed by atoms with Gasteiger partial charge < -0.3 is 19.5 Å². The molecule has 1 saturated heterocycles. The second kappa shape index (κ2) is 10.00. The van der Waals surface area contributed by atoms with Crippen molar-refractivity contribution in [1.82, 2.24) is 4.90 Å². The van der Waals surface area contributed by atoms with E-state index in [1.807, 2.05) is 31.2 Å². The summed E-state index contributed by atoms with van der Waals surface area (Å²) in [5.74, 6) is -0.722. The topological polar surface area (TPSA) is 76.1 Å². The molecule has 0 bridgehead atoms. The van der Waals surface area contributed by atoms with Crippen LogP contribution in [0.5, 0.6) is 11.5 Å². The fourth-order valence-corrected chi connectivity index (χ4v) is 5.75. The molecule has 8 heteroatoms. The third kappa shape index (κ3) is 4.84. The molecule has 1 heterocycles. The van der Waals surface area contributed by atoms with Crippen LogP contribution in [0.4, 0.5) is 4.39 Å². The van der Waals surface area contributed by atoms with Gasteiger partial charge in [-0.2, -0.15) is 0 Å². The van der Waals surface area contributed by atoms with E-state index < -0.39 is 22.6 Å². The molecular formula is C27H26FNO5S. The number of nitrogens with zero attached hydrogens (tertiary/aromatic N) is 1. The van der Waals surface area contributed by atoms with Crippen LogP contribution in [0.3, 0.4) is 0 Å². The van der Waals surface area contributed by atoms with E-state index in [2.05, 4.69) is 0 Å². The second-order valence-corrected chi connectivity index (χ2v) is 9.84. The average molecular weight is 496 g/mol. The van der Waals surface area contributed by atoms with E-state index >= 15 is 0 Å². The highest BCUT2D eigenvalue weighted by Gasteiger charge is 2.58. The van der Waals surface area contributed by atoms with Crippen molar-refractivity contribution in [1.29, 1.82) is 0 Å². The number of carboxylic acid groups (broad SMARTS) is 1. The normalized spacial score (nSPS) is 19.6. The Hall–Kier alpha value is -3.52. The number of carbonyl (C=O) groups excluding carboxylic acids is 1. The molecule has 0 aromatic heterocycles. The highest BCUT2D eigenvalue weighted by molar-refractivity contribution is 8.01. The van der Waals surface area contributed by atoms with Gasteiger partial charge in [-0.15, -0.1) is 11.8 Å². The lowest BCUT2D eigenvalue weighted by molar-refractivity contribution is -0.140. The molecule has 0 aliphatic carbocycles. The first-order chi connectivity index (χ1) is 16.8. The van der Waals surface area contributed by atoms with Crippen LogP contribution in [0.1, 0.15) is 29.2 Å². The molecular weight excluding hydrogens is 469 g/mol. The minimum atomic E-state index is -1.51. The maximum atomic E-state index is 13.8. The quantitative estimate of drug-likeness (QED) is 0.461. The standard InChI is InChI=1S/C27H26FNO5S/c1-17-4-12-22(13-5-17)35-27(26(31)32)15-24(30)29(25(27)18-6-9-20(28)10-7-18)16-19-8-11-21(33-2)14-23(19)34-3/h4-14,25H,15-16H2,1-3H3,(H,31,32)/t25-,27-/m1/s1. The summed E-state index contributed by atoms with van der Waals surface area (Å²) >= 11 is 1.15. The molecule has 1 aliphatic heterocycles. The summed E-state index contributed by atoms with van der Waals surface area (Å²) in [7, 11) is 3.07. The number of ether oxygens (including phenoxy) is 2. The number of carbonyl (C=O) groups is 2. The van der Waals surface area contributed by atoms with Gasteiger partial charge in [-0.1, -0.05) is 29.8 Å². The number of carboxylic acids is 1. The summed E-state index contributed by atoms with van der Waals surface area (Å²) in [5, 5.41) is 10.5. The molecule has 35 heavy (non-hydrogen) atoms. The fraction of sp³-hybridized carbons (Fsp3) is 0.259. The minimum Gasteiger partial charge on any atom is -0.497 e. The fourth-order valence-electron chi connectivity index (χ4n) is 4.40. The monoisotopic (exact) mass is 495 g/mol. The first-order valence-electron chi connectivity index (χ1n) is 11.0. The Balaban J connectivity index is 1.81. The van der Waals surface area contributed by atoms with Crippen LogP contribution >= 0.6 is 11.8 Å². The summed E-state index contributed by atoms with van der Waals surface area (Å²) in [6.45, 7) is 2.07. The number of hydrogen-bond donors (Lipinski definition) is 1. The molecule has 0 radical (unpaired) electrons. The van der Waals surface area contributed by atoms with E-state index in [9.17, 15) is 19.1 Å². The summed E-state index contributed by atoms with van der Waals surface area (Å²) in [6.07, 6.45) is -0.207. The third-order valence-electron chi connectivity index (χ3n) is 6.19. The van der Waals surface area contributed by atoms with Crippen molar-refractivity contribution in [2.24, 2.45) is 0 Å². The van der Waals surface area contributed by atoms with Crippen LogP contribution in [0, 0.1) is 12.7 Å². The molecule has 1 aliphatic rings. The van der Waals surface area contributed by atoms with Crippen LogP contribution in [0.15, 0.2) is 71.6 Å². The second-order valence-electron chi connectivity index (χ2n) is 8.44. The number of thioether (sulfide) groups is 1. The van der Waals surface area contributed by atoms with Gasteiger partial charge in [0, 0.05) is 23.1 Å². The first kappa shape index (κ1) is 24.6. The van der Waals surface area contributed by atoms with Crippen molar-refractivity contribution in [2.45, 2.75) is 35.6 Å². The number of hydrogen-bond acceptors (Lipinski definition) is 5. The van der Waals surface area contributed by atoms with Gasteiger partial charge in [0.05, 0.1) is 26.7 Å². The number of halogens is 1. The summed E-state index contributed by atoms with van der Waals surface area (Å²) < 4.78 is 23.0. The molecule has 182 valence electrons. The van der Waals surface area contributed by atoms with Crippen LogP contribution in [-0.4, -0.2) is 40.8 Å². The van der Waals surface area contributed by atoms with Gasteiger partial charge in [-0.3, -0.25) is 9.59 Å². The molecule has 0 spiro atoms. The van der Waals surface area contributed by atoms with E-state index in [1.54, 1.807) is 42.3 Å². The number of likely N-dealkylation sites (tertiary alicyclic amines) is 1. The van der Waals surface area contributed by atoms with E-state index in [0.29, 0.717) is 22.6 Å². The number of amides is 1. The molecule has 3 aromatic rings. The number of aliphatic carboxylic acids is 1. The molecule has 3 aromatic carbocycles. The number of rotatable bonds is 8. The Morgan fingerprint density at radius 1 is 1.09 bits per heavy atom. The van der Waals surface area contributed by atoms with Gasteiger partial charge in [0.1, 0.15) is 17.3 Å². The van der Waals surface area contributed by atoms with Crippen molar-refractivity contribution in [3.05, 3.63) is 89.2 Å². The summed E-state index contributed by atoms with van der Waals surface area (Å²) in [6, 6.07) is 17.6. The van der Waals surface area contributed by atoms with Gasteiger partial charge in [-0.05, 0) is 48.9 Å². The summed E-state index contributed by atoms with van der Waals surface area (Å²) in [4.78, 5) is 28.6. The highest BCUT2D eigenvalue weighted by atomic mass is 32.2. The Kier molecular flexibility index (Phi) is 7.03. The van der Waals surface area contributed by atoms with Gasteiger partial charge in [-0.25, -0.2) is 4.39 Å². The maximum Gasteiger partial charge on any atom is 0.323 e. The molecule has 6 nitrogen and oxygen atoms in total. The molecule has 2 atom stereocenters. The maximum absolute atomic E-state index is 13.8. The van der Waals surface area contributed by atoms with Crippen LogP contribution in [0.25, 0.3) is 0 Å². The van der Waals surface area contributed by atoms with Gasteiger partial charge in [0.2, 0.25) is 5.91 Å².